The normalized spacial score (nSPS) is 10.1. The van der Waals surface area contributed by atoms with E-state index in [2.05, 4.69) is 5.32 Å². The number of hydrogen-bond donors (Lipinski definition) is 2. The lowest BCUT2D eigenvalue weighted by Crippen LogP contribution is -2.22. The zero-order valence-electron chi connectivity index (χ0n) is 12.1. The zero-order valence-corrected chi connectivity index (χ0v) is 12.1. The maximum absolute atomic E-state index is 11.6. The SMILES string of the molecule is CN(C)c1ccc(CNC(=O)CCCCC(=O)O)cc1. The average Bonchev–Trinajstić information content (AvgIpc) is 2.41. The van der Waals surface area contributed by atoms with Gasteiger partial charge in [0.15, 0.2) is 0 Å². The van der Waals surface area contributed by atoms with Gasteiger partial charge in [0, 0.05) is 39.2 Å². The number of amides is 1. The van der Waals surface area contributed by atoms with Crippen LogP contribution in [0.3, 0.4) is 0 Å². The number of nitrogens with one attached hydrogen (secondary N) is 1. The molecule has 0 unspecified atom stereocenters. The number of carbonyl (C=O) groups is 2. The Hall–Kier alpha value is -2.04. The monoisotopic (exact) mass is 278 g/mol. The summed E-state index contributed by atoms with van der Waals surface area (Å²) in [6, 6.07) is 7.99. The molecule has 0 aliphatic carbocycles. The van der Waals surface area contributed by atoms with Crippen LogP contribution in [0.1, 0.15) is 31.2 Å². The quantitative estimate of drug-likeness (QED) is 0.714. The smallest absolute Gasteiger partial charge is 0.303 e. The van der Waals surface area contributed by atoms with Gasteiger partial charge in [-0.15, -0.1) is 0 Å². The number of hydrogen-bond acceptors (Lipinski definition) is 3. The van der Waals surface area contributed by atoms with E-state index in [1.54, 1.807) is 0 Å². The topological polar surface area (TPSA) is 69.6 Å². The molecule has 1 amide bonds. The lowest BCUT2D eigenvalue weighted by Gasteiger charge is -2.12. The summed E-state index contributed by atoms with van der Waals surface area (Å²) in [6.07, 6.45) is 1.65. The second-order valence-corrected chi connectivity index (χ2v) is 4.94. The van der Waals surface area contributed by atoms with E-state index >= 15 is 0 Å². The molecule has 0 bridgehead atoms. The summed E-state index contributed by atoms with van der Waals surface area (Å²) in [4.78, 5) is 23.9. The van der Waals surface area contributed by atoms with Crippen molar-refractivity contribution in [1.82, 2.24) is 5.32 Å². The summed E-state index contributed by atoms with van der Waals surface area (Å²) in [5, 5.41) is 11.3. The lowest BCUT2D eigenvalue weighted by atomic mass is 10.1. The van der Waals surface area contributed by atoms with Gasteiger partial charge in [-0.1, -0.05) is 12.1 Å². The predicted molar refractivity (Wildman–Crippen MR) is 78.7 cm³/mol. The van der Waals surface area contributed by atoms with Crippen molar-refractivity contribution in [3.8, 4) is 0 Å². The van der Waals surface area contributed by atoms with E-state index in [1.807, 2.05) is 43.3 Å². The van der Waals surface area contributed by atoms with Crippen LogP contribution < -0.4 is 10.2 Å². The first-order valence-electron chi connectivity index (χ1n) is 6.74. The minimum absolute atomic E-state index is 0.0351. The van der Waals surface area contributed by atoms with Crippen molar-refractivity contribution < 1.29 is 14.7 Å². The summed E-state index contributed by atoms with van der Waals surface area (Å²) in [5.41, 5.74) is 2.17. The van der Waals surface area contributed by atoms with Crippen molar-refractivity contribution in [3.05, 3.63) is 29.8 Å². The van der Waals surface area contributed by atoms with Gasteiger partial charge in [0.05, 0.1) is 0 Å². The Morgan fingerprint density at radius 3 is 2.25 bits per heavy atom. The highest BCUT2D eigenvalue weighted by Gasteiger charge is 2.03. The van der Waals surface area contributed by atoms with Crippen molar-refractivity contribution in [2.24, 2.45) is 0 Å². The van der Waals surface area contributed by atoms with Gasteiger partial charge in [-0.2, -0.15) is 0 Å². The molecule has 0 radical (unpaired) electrons. The van der Waals surface area contributed by atoms with E-state index in [4.69, 9.17) is 5.11 Å². The molecular formula is C15H22N2O3. The zero-order chi connectivity index (χ0) is 15.0. The molecule has 110 valence electrons. The molecule has 0 atom stereocenters. The number of nitrogens with zero attached hydrogens (tertiary/aromatic N) is 1. The summed E-state index contributed by atoms with van der Waals surface area (Å²) >= 11 is 0. The molecule has 0 saturated heterocycles. The highest BCUT2D eigenvalue weighted by Crippen LogP contribution is 2.12. The number of rotatable bonds is 8. The molecule has 0 fully saturated rings. The molecule has 1 aromatic rings. The second-order valence-electron chi connectivity index (χ2n) is 4.94. The van der Waals surface area contributed by atoms with E-state index in [1.165, 1.54) is 0 Å². The second kappa shape index (κ2) is 8.19. The highest BCUT2D eigenvalue weighted by atomic mass is 16.4. The summed E-state index contributed by atoms with van der Waals surface area (Å²) < 4.78 is 0. The Labute approximate surface area is 119 Å². The Morgan fingerprint density at radius 1 is 1.10 bits per heavy atom. The Bertz CT molecular complexity index is 441. The molecule has 5 heteroatoms. The maximum atomic E-state index is 11.6. The Morgan fingerprint density at radius 2 is 1.70 bits per heavy atom. The van der Waals surface area contributed by atoms with Crippen molar-refractivity contribution in [2.45, 2.75) is 32.2 Å². The van der Waals surface area contributed by atoms with Crippen LogP contribution >= 0.6 is 0 Å². The van der Waals surface area contributed by atoms with E-state index in [0.717, 1.165) is 11.3 Å². The van der Waals surface area contributed by atoms with Gasteiger partial charge < -0.3 is 15.3 Å². The number of anilines is 1. The number of carboxylic acid groups (broad SMARTS) is 1. The summed E-state index contributed by atoms with van der Waals surface area (Å²) in [6.45, 7) is 0.505. The molecule has 1 rings (SSSR count). The van der Waals surface area contributed by atoms with Gasteiger partial charge in [-0.25, -0.2) is 0 Å². The number of aliphatic carboxylic acids is 1. The molecule has 0 saturated carbocycles. The molecule has 1 aromatic carbocycles. The van der Waals surface area contributed by atoms with Gasteiger partial charge in [-0.3, -0.25) is 9.59 Å². The van der Waals surface area contributed by atoms with Crippen LogP contribution in [-0.2, 0) is 16.1 Å². The van der Waals surface area contributed by atoms with E-state index in [-0.39, 0.29) is 12.3 Å². The van der Waals surface area contributed by atoms with E-state index in [9.17, 15) is 9.59 Å². The van der Waals surface area contributed by atoms with Crippen molar-refractivity contribution in [1.29, 1.82) is 0 Å². The van der Waals surface area contributed by atoms with Gasteiger partial charge in [-0.05, 0) is 30.5 Å². The molecule has 2 N–H and O–H groups in total. The molecule has 0 aromatic heterocycles. The van der Waals surface area contributed by atoms with Crippen LogP contribution in [0.5, 0.6) is 0 Å². The van der Waals surface area contributed by atoms with E-state index in [0.29, 0.717) is 25.8 Å². The van der Waals surface area contributed by atoms with Crippen molar-refractivity contribution >= 4 is 17.6 Å². The molecule has 5 nitrogen and oxygen atoms in total. The molecule has 0 heterocycles. The maximum Gasteiger partial charge on any atom is 0.303 e. The van der Waals surface area contributed by atoms with Crippen LogP contribution in [-0.4, -0.2) is 31.1 Å². The van der Waals surface area contributed by atoms with Crippen LogP contribution in [0.2, 0.25) is 0 Å². The molecule has 0 aliphatic heterocycles. The number of benzene rings is 1. The average molecular weight is 278 g/mol. The fourth-order valence-electron chi connectivity index (χ4n) is 1.76. The van der Waals surface area contributed by atoms with E-state index < -0.39 is 5.97 Å². The fourth-order valence-corrected chi connectivity index (χ4v) is 1.76. The first kappa shape index (κ1) is 16.0. The molecular weight excluding hydrogens is 256 g/mol. The molecule has 20 heavy (non-hydrogen) atoms. The highest BCUT2D eigenvalue weighted by molar-refractivity contribution is 5.75. The minimum Gasteiger partial charge on any atom is -0.481 e. The largest absolute Gasteiger partial charge is 0.481 e. The van der Waals surface area contributed by atoms with Crippen LogP contribution in [0.15, 0.2) is 24.3 Å². The van der Waals surface area contributed by atoms with Crippen LogP contribution in [0, 0.1) is 0 Å². The van der Waals surface area contributed by atoms with Crippen LogP contribution in [0.25, 0.3) is 0 Å². The van der Waals surface area contributed by atoms with Crippen LogP contribution in [0.4, 0.5) is 5.69 Å². The molecule has 0 aliphatic rings. The lowest BCUT2D eigenvalue weighted by molar-refractivity contribution is -0.137. The number of unbranched alkanes of at least 4 members (excludes halogenated alkanes) is 1. The first-order chi connectivity index (χ1) is 9.49. The number of carboxylic acids is 1. The molecule has 0 spiro atoms. The predicted octanol–water partition coefficient (Wildman–Crippen LogP) is 2.01. The minimum atomic E-state index is -0.814. The Balaban J connectivity index is 2.25. The first-order valence-corrected chi connectivity index (χ1v) is 6.74. The van der Waals surface area contributed by atoms with Gasteiger partial charge in [0.1, 0.15) is 0 Å². The van der Waals surface area contributed by atoms with Gasteiger partial charge in [0.25, 0.3) is 0 Å². The third-order valence-electron chi connectivity index (χ3n) is 2.99. The van der Waals surface area contributed by atoms with Crippen molar-refractivity contribution in [3.63, 3.8) is 0 Å². The standard InChI is InChI=1S/C15H22N2O3/c1-17(2)13-9-7-12(8-10-13)11-16-14(18)5-3-4-6-15(19)20/h7-10H,3-6,11H2,1-2H3,(H,16,18)(H,19,20). The third kappa shape index (κ3) is 6.22. The third-order valence-corrected chi connectivity index (χ3v) is 2.99. The summed E-state index contributed by atoms with van der Waals surface area (Å²) in [7, 11) is 3.96. The van der Waals surface area contributed by atoms with Gasteiger partial charge in [0.2, 0.25) is 5.91 Å². The number of carbonyl (C=O) groups excluding carboxylic acids is 1. The van der Waals surface area contributed by atoms with Gasteiger partial charge >= 0.3 is 5.97 Å². The Kier molecular flexibility index (Phi) is 6.56. The fraction of sp³-hybridized carbons (Fsp3) is 0.467. The summed E-state index contributed by atoms with van der Waals surface area (Å²) in [5.74, 6) is -0.849. The van der Waals surface area contributed by atoms with Crippen molar-refractivity contribution in [2.75, 3.05) is 19.0 Å².